The molecule has 1 atom stereocenters. The summed E-state index contributed by atoms with van der Waals surface area (Å²) in [5.41, 5.74) is 2.88. The minimum atomic E-state index is -2.76. The van der Waals surface area contributed by atoms with Crippen molar-refractivity contribution < 1.29 is 9.05 Å². The first-order valence-electron chi connectivity index (χ1n) is 9.86. The van der Waals surface area contributed by atoms with Crippen molar-refractivity contribution in [2.45, 2.75) is 19.6 Å². The van der Waals surface area contributed by atoms with Crippen LogP contribution in [0.15, 0.2) is 101 Å². The standard InChI is InChI=1S/C24H27N2O2P/c1-3-27-29(28-4-2,26-23-18-12-7-13-19-23)24(22-16-10-6-11-17-22)25-20-21-14-8-5-9-15-21/h5-20,24H,3-4H2,1-2H3. The molecule has 5 heteroatoms. The largest absolute Gasteiger partial charge is 0.322 e. The van der Waals surface area contributed by atoms with E-state index in [1.54, 1.807) is 0 Å². The number of benzene rings is 3. The van der Waals surface area contributed by atoms with Crippen LogP contribution in [0.25, 0.3) is 0 Å². The molecule has 0 heterocycles. The molecule has 0 saturated heterocycles. The predicted molar refractivity (Wildman–Crippen MR) is 122 cm³/mol. The van der Waals surface area contributed by atoms with Gasteiger partial charge in [-0.2, -0.15) is 0 Å². The molecule has 0 N–H and O–H groups in total. The first-order chi connectivity index (χ1) is 14.3. The fraction of sp³-hybridized carbons (Fsp3) is 0.208. The number of hydrogen-bond donors (Lipinski definition) is 0. The molecule has 0 radical (unpaired) electrons. The van der Waals surface area contributed by atoms with Crippen LogP contribution in [0, 0.1) is 0 Å². The van der Waals surface area contributed by atoms with Crippen LogP contribution in [-0.4, -0.2) is 19.4 Å². The van der Waals surface area contributed by atoms with Crippen LogP contribution >= 0.6 is 7.51 Å². The van der Waals surface area contributed by atoms with Gasteiger partial charge >= 0.3 is 0 Å². The molecule has 150 valence electrons. The van der Waals surface area contributed by atoms with Gasteiger partial charge in [-0.15, -0.1) is 0 Å². The highest BCUT2D eigenvalue weighted by atomic mass is 31.2. The summed E-state index contributed by atoms with van der Waals surface area (Å²) in [7, 11) is -2.76. The smallest absolute Gasteiger partial charge is 0.247 e. The zero-order valence-corrected chi connectivity index (χ0v) is 17.8. The number of nitrogens with zero attached hydrogens (tertiary/aromatic N) is 2. The first-order valence-corrected chi connectivity index (χ1v) is 11.5. The molecule has 0 aliphatic heterocycles. The van der Waals surface area contributed by atoms with Gasteiger partial charge in [-0.3, -0.25) is 4.99 Å². The summed E-state index contributed by atoms with van der Waals surface area (Å²) < 4.78 is 17.6. The Balaban J connectivity index is 2.16. The van der Waals surface area contributed by atoms with Crippen LogP contribution in [0.1, 0.15) is 30.8 Å². The average molecular weight is 406 g/mol. The van der Waals surface area contributed by atoms with E-state index in [0.29, 0.717) is 13.2 Å². The molecule has 0 saturated carbocycles. The zero-order valence-electron chi connectivity index (χ0n) is 16.9. The highest BCUT2D eigenvalue weighted by molar-refractivity contribution is 7.57. The molecule has 0 fully saturated rings. The quantitative estimate of drug-likeness (QED) is 0.278. The van der Waals surface area contributed by atoms with Gasteiger partial charge in [0.1, 0.15) is 0 Å². The van der Waals surface area contributed by atoms with Crippen LogP contribution in [0.3, 0.4) is 0 Å². The molecule has 0 aliphatic rings. The lowest BCUT2D eigenvalue weighted by Gasteiger charge is -2.29. The highest BCUT2D eigenvalue weighted by Gasteiger charge is 2.34. The second-order valence-corrected chi connectivity index (χ2v) is 8.64. The Kier molecular flexibility index (Phi) is 7.94. The minimum absolute atomic E-state index is 0.357. The van der Waals surface area contributed by atoms with E-state index in [0.717, 1.165) is 16.8 Å². The zero-order chi connectivity index (χ0) is 20.4. The van der Waals surface area contributed by atoms with E-state index in [4.69, 9.17) is 18.8 Å². The van der Waals surface area contributed by atoms with Crippen molar-refractivity contribution in [1.29, 1.82) is 0 Å². The predicted octanol–water partition coefficient (Wildman–Crippen LogP) is 7.24. The Labute approximate surface area is 173 Å². The topological polar surface area (TPSA) is 43.2 Å². The normalized spacial score (nSPS) is 12.8. The van der Waals surface area contributed by atoms with Gasteiger partial charge in [-0.05, 0) is 37.1 Å². The summed E-state index contributed by atoms with van der Waals surface area (Å²) in [6, 6.07) is 30.0. The lowest BCUT2D eigenvalue weighted by Crippen LogP contribution is -2.06. The van der Waals surface area contributed by atoms with Crippen LogP contribution in [0.5, 0.6) is 0 Å². The summed E-state index contributed by atoms with van der Waals surface area (Å²) in [6.07, 6.45) is 1.88. The van der Waals surface area contributed by atoms with Crippen molar-refractivity contribution in [3.8, 4) is 0 Å². The van der Waals surface area contributed by atoms with E-state index in [9.17, 15) is 0 Å². The average Bonchev–Trinajstić information content (AvgIpc) is 2.76. The monoisotopic (exact) mass is 406 g/mol. The van der Waals surface area contributed by atoms with Gasteiger partial charge in [0.2, 0.25) is 7.51 Å². The molecule has 0 spiro atoms. The maximum absolute atomic E-state index is 6.29. The third-order valence-electron chi connectivity index (χ3n) is 4.21. The molecule has 3 aromatic rings. The minimum Gasteiger partial charge on any atom is -0.322 e. The molecular formula is C24H27N2O2P. The SMILES string of the molecule is CCOP(=Nc1ccccc1)(OCC)C(N=Cc1ccccc1)c1ccccc1. The Morgan fingerprint density at radius 3 is 1.83 bits per heavy atom. The molecule has 3 aromatic carbocycles. The molecule has 29 heavy (non-hydrogen) atoms. The third kappa shape index (κ3) is 5.74. The highest BCUT2D eigenvalue weighted by Crippen LogP contribution is 2.65. The summed E-state index contributed by atoms with van der Waals surface area (Å²) in [5, 5.41) is 0. The Morgan fingerprint density at radius 2 is 1.28 bits per heavy atom. The van der Waals surface area contributed by atoms with Crippen molar-refractivity contribution in [2.24, 2.45) is 9.74 Å². The Bertz CT molecular complexity index is 934. The summed E-state index contributed by atoms with van der Waals surface area (Å²) in [4.78, 5) is 4.95. The molecule has 0 amide bonds. The lowest BCUT2D eigenvalue weighted by atomic mass is 10.2. The molecule has 1 unspecified atom stereocenters. The number of rotatable bonds is 9. The van der Waals surface area contributed by atoms with E-state index in [-0.39, 0.29) is 5.78 Å². The van der Waals surface area contributed by atoms with E-state index < -0.39 is 7.51 Å². The van der Waals surface area contributed by atoms with Gasteiger partial charge in [0.05, 0.1) is 18.9 Å². The van der Waals surface area contributed by atoms with Gasteiger partial charge in [-0.25, -0.2) is 4.74 Å². The molecule has 0 bridgehead atoms. The van der Waals surface area contributed by atoms with Crippen molar-refractivity contribution in [3.63, 3.8) is 0 Å². The van der Waals surface area contributed by atoms with Crippen LogP contribution in [0.4, 0.5) is 5.69 Å². The lowest BCUT2D eigenvalue weighted by molar-refractivity contribution is 0.251. The summed E-state index contributed by atoms with van der Waals surface area (Å²) in [5.74, 6) is -0.357. The molecule has 3 rings (SSSR count). The molecular weight excluding hydrogens is 379 g/mol. The fourth-order valence-electron chi connectivity index (χ4n) is 3.00. The summed E-state index contributed by atoms with van der Waals surface area (Å²) in [6.45, 7) is 4.93. The molecule has 0 aromatic heterocycles. The Morgan fingerprint density at radius 1 is 0.759 bits per heavy atom. The van der Waals surface area contributed by atoms with E-state index in [2.05, 4.69) is 12.1 Å². The van der Waals surface area contributed by atoms with Crippen LogP contribution in [-0.2, 0) is 9.05 Å². The van der Waals surface area contributed by atoms with Crippen LogP contribution in [0.2, 0.25) is 0 Å². The van der Waals surface area contributed by atoms with Crippen molar-refractivity contribution in [3.05, 3.63) is 102 Å². The van der Waals surface area contributed by atoms with E-state index in [1.807, 2.05) is 98.9 Å². The molecule has 0 aliphatic carbocycles. The maximum Gasteiger partial charge on any atom is 0.247 e. The maximum atomic E-state index is 6.29. The number of hydrogen-bond acceptors (Lipinski definition) is 4. The molecule has 4 nitrogen and oxygen atoms in total. The first kappa shape index (κ1) is 21.2. The Hall–Kier alpha value is -2.52. The van der Waals surface area contributed by atoms with Gasteiger partial charge in [-0.1, -0.05) is 78.9 Å². The van der Waals surface area contributed by atoms with Gasteiger partial charge in [0.25, 0.3) is 0 Å². The van der Waals surface area contributed by atoms with Gasteiger partial charge in [0.15, 0.2) is 5.78 Å². The van der Waals surface area contributed by atoms with Crippen molar-refractivity contribution >= 4 is 19.4 Å². The van der Waals surface area contributed by atoms with Crippen LogP contribution < -0.4 is 0 Å². The van der Waals surface area contributed by atoms with E-state index in [1.165, 1.54) is 0 Å². The second-order valence-electron chi connectivity index (χ2n) is 6.31. The third-order valence-corrected chi connectivity index (χ3v) is 7.03. The fourth-order valence-corrected chi connectivity index (χ4v) is 5.56. The van der Waals surface area contributed by atoms with Crippen molar-refractivity contribution in [2.75, 3.05) is 13.2 Å². The summed E-state index contributed by atoms with van der Waals surface area (Å²) >= 11 is 0. The number of aliphatic imine (C=N–C) groups is 1. The van der Waals surface area contributed by atoms with Crippen molar-refractivity contribution in [1.82, 2.24) is 0 Å². The van der Waals surface area contributed by atoms with E-state index >= 15 is 0 Å². The van der Waals surface area contributed by atoms with Gasteiger partial charge in [0, 0.05) is 6.21 Å². The van der Waals surface area contributed by atoms with Gasteiger partial charge < -0.3 is 9.05 Å². The second kappa shape index (κ2) is 10.9.